The maximum Gasteiger partial charge on any atom is 0.293 e. The standard InChI is InChI=1S/C54H67N9O8S/c1-34(2)40-6-4-5-7-41(40)49-33-71-25-23-61(49)38-29-54(30-38)18-21-60(22-19-54)37-8-10-42(46(27-37)62-45-15-24-70-32-44(45)57-51-48(62)26-36-14-20-55-50(36)58-51)52(64)59-72(68,69)39-9-11-43(47(28-39)63(66)67)56-31-35-12-16-53(3,65)17-13-35/h4-11,14,20,26-28,34-35,38,44-45,49,56,65H,12-13,15-19,21-25,29-33H2,1-3H3,(H,59,64)(H2,55,57,58)/t35?,44-,45-,49-,53?/m0/s1. The molecule has 2 saturated carbocycles. The summed E-state index contributed by atoms with van der Waals surface area (Å²) in [4.78, 5) is 41.5. The fourth-order valence-corrected chi connectivity index (χ4v) is 13.6. The highest BCUT2D eigenvalue weighted by Gasteiger charge is 2.50. The van der Waals surface area contributed by atoms with Crippen LogP contribution < -0.4 is 25.2 Å². The molecule has 1 spiro atoms. The van der Waals surface area contributed by atoms with Crippen LogP contribution in [0.4, 0.5) is 34.3 Å². The molecule has 18 heteroatoms. The van der Waals surface area contributed by atoms with Crippen LogP contribution in [0.3, 0.4) is 0 Å². The lowest BCUT2D eigenvalue weighted by molar-refractivity contribution is -0.384. The van der Waals surface area contributed by atoms with Crippen molar-refractivity contribution in [1.29, 1.82) is 0 Å². The zero-order valence-electron chi connectivity index (χ0n) is 41.4. The van der Waals surface area contributed by atoms with Crippen LogP contribution >= 0.6 is 0 Å². The molecule has 1 amide bonds. The van der Waals surface area contributed by atoms with Crippen molar-refractivity contribution in [3.63, 3.8) is 0 Å². The van der Waals surface area contributed by atoms with Gasteiger partial charge >= 0.3 is 0 Å². The summed E-state index contributed by atoms with van der Waals surface area (Å²) >= 11 is 0. The summed E-state index contributed by atoms with van der Waals surface area (Å²) in [5.41, 5.74) is 5.16. The Morgan fingerprint density at radius 3 is 2.50 bits per heavy atom. The van der Waals surface area contributed by atoms with Gasteiger partial charge in [0.05, 0.1) is 70.3 Å². The summed E-state index contributed by atoms with van der Waals surface area (Å²) in [7, 11) is -4.61. The molecule has 11 rings (SSSR count). The number of nitrogens with zero attached hydrogens (tertiary/aromatic N) is 5. The van der Waals surface area contributed by atoms with Crippen molar-refractivity contribution in [2.24, 2.45) is 11.3 Å². The van der Waals surface area contributed by atoms with Crippen molar-refractivity contribution >= 4 is 61.2 Å². The molecule has 72 heavy (non-hydrogen) atoms. The topological polar surface area (TPSA) is 208 Å². The van der Waals surface area contributed by atoms with Gasteiger partial charge in [0.1, 0.15) is 11.3 Å². The number of amides is 1. The number of carbonyl (C=O) groups is 1. The number of aromatic amines is 1. The molecule has 0 unspecified atom stereocenters. The van der Waals surface area contributed by atoms with Crippen molar-refractivity contribution in [2.75, 3.05) is 73.0 Å². The molecule has 3 saturated heterocycles. The number of ether oxygens (including phenoxy) is 2. The number of rotatable bonds is 12. The zero-order chi connectivity index (χ0) is 49.9. The molecule has 3 atom stereocenters. The van der Waals surface area contributed by atoms with Gasteiger partial charge < -0.3 is 40.0 Å². The number of carbonyl (C=O) groups excluding carboxylic acids is 1. The van der Waals surface area contributed by atoms with Crippen LogP contribution in [0.15, 0.2) is 83.9 Å². The average Bonchev–Trinajstić information content (AvgIpc) is 3.83. The van der Waals surface area contributed by atoms with Crippen LogP contribution in [-0.4, -0.2) is 116 Å². The van der Waals surface area contributed by atoms with Gasteiger partial charge in [-0.2, -0.15) is 0 Å². The maximum atomic E-state index is 14.7. The predicted octanol–water partition coefficient (Wildman–Crippen LogP) is 8.61. The van der Waals surface area contributed by atoms with E-state index in [2.05, 4.69) is 73.2 Å². The van der Waals surface area contributed by atoms with Crippen LogP contribution in [-0.2, 0) is 19.5 Å². The number of anilines is 5. The van der Waals surface area contributed by atoms with Crippen LogP contribution in [0.5, 0.6) is 0 Å². The summed E-state index contributed by atoms with van der Waals surface area (Å²) < 4.78 is 42.8. The number of nitro groups is 1. The SMILES string of the molecule is CC(C)c1ccccc1[C@@H]1COCCN1C1CC2(CCN(c3ccc(C(=O)NS(=O)(=O)c4ccc(NCC5CCC(C)(O)CC5)c([N+](=O)[O-])c4)c(N4c5cc6cc[nH]c6nc5N[C@H]5COCC[C@@H]54)c3)CC2)C1. The van der Waals surface area contributed by atoms with E-state index in [1.54, 1.807) is 6.07 Å². The van der Waals surface area contributed by atoms with E-state index in [1.807, 2.05) is 37.4 Å². The van der Waals surface area contributed by atoms with E-state index in [9.17, 15) is 28.4 Å². The Bertz CT molecular complexity index is 2950. The molecule has 2 aliphatic carbocycles. The Morgan fingerprint density at radius 2 is 1.72 bits per heavy atom. The molecular weight excluding hydrogens is 935 g/mol. The number of aromatic nitrogens is 2. The minimum absolute atomic E-state index is 0.142. The highest BCUT2D eigenvalue weighted by molar-refractivity contribution is 7.90. The smallest absolute Gasteiger partial charge is 0.293 e. The van der Waals surface area contributed by atoms with Crippen LogP contribution in [0.25, 0.3) is 11.0 Å². The third-order valence-corrected chi connectivity index (χ3v) is 18.2. The molecule has 2 aromatic heterocycles. The number of H-pyrrole nitrogens is 1. The second-order valence-electron chi connectivity index (χ2n) is 21.9. The van der Waals surface area contributed by atoms with E-state index in [1.165, 1.54) is 23.3 Å². The van der Waals surface area contributed by atoms with Gasteiger partial charge in [-0.25, -0.2) is 18.1 Å². The molecule has 4 aliphatic heterocycles. The normalized spacial score (nSPS) is 25.6. The number of benzene rings is 3. The fourth-order valence-electron chi connectivity index (χ4n) is 12.7. The quantitative estimate of drug-likeness (QED) is 0.0586. The molecule has 6 heterocycles. The lowest BCUT2D eigenvalue weighted by atomic mass is 9.59. The summed E-state index contributed by atoms with van der Waals surface area (Å²) in [6.45, 7) is 11.8. The van der Waals surface area contributed by atoms with Gasteiger partial charge in [-0.15, -0.1) is 0 Å². The second-order valence-corrected chi connectivity index (χ2v) is 23.6. The van der Waals surface area contributed by atoms with Crippen molar-refractivity contribution in [3.8, 4) is 0 Å². The Labute approximate surface area is 421 Å². The zero-order valence-corrected chi connectivity index (χ0v) is 42.3. The van der Waals surface area contributed by atoms with Crippen molar-refractivity contribution in [3.05, 3.63) is 106 Å². The second kappa shape index (κ2) is 19.2. The van der Waals surface area contributed by atoms with Crippen molar-refractivity contribution in [2.45, 2.75) is 119 Å². The summed E-state index contributed by atoms with van der Waals surface area (Å²) in [5, 5.41) is 30.4. The molecule has 3 aromatic carbocycles. The molecular formula is C54H67N9O8S. The van der Waals surface area contributed by atoms with Gasteiger partial charge in [0.15, 0.2) is 5.82 Å². The predicted molar refractivity (Wildman–Crippen MR) is 278 cm³/mol. The number of fused-ring (bicyclic) bond motifs is 3. The first-order valence-electron chi connectivity index (χ1n) is 25.9. The molecule has 0 radical (unpaired) electrons. The van der Waals surface area contributed by atoms with E-state index < -0.39 is 37.0 Å². The van der Waals surface area contributed by atoms with Gasteiger partial charge in [-0.3, -0.25) is 19.8 Å². The number of nitro benzene ring substituents is 1. The maximum absolute atomic E-state index is 14.7. The molecule has 5 fully saturated rings. The van der Waals surface area contributed by atoms with E-state index in [4.69, 9.17) is 14.5 Å². The number of hydrogen-bond donors (Lipinski definition) is 5. The number of piperidine rings is 1. The first-order valence-corrected chi connectivity index (χ1v) is 27.4. The molecule has 17 nitrogen and oxygen atoms in total. The minimum atomic E-state index is -4.61. The van der Waals surface area contributed by atoms with Gasteiger partial charge in [0.25, 0.3) is 21.6 Å². The number of pyridine rings is 1. The van der Waals surface area contributed by atoms with Gasteiger partial charge in [-0.1, -0.05) is 38.1 Å². The van der Waals surface area contributed by atoms with E-state index >= 15 is 0 Å². The monoisotopic (exact) mass is 1000 g/mol. The molecule has 382 valence electrons. The van der Waals surface area contributed by atoms with E-state index in [0.717, 1.165) is 87.6 Å². The molecule has 5 N–H and O–H groups in total. The summed E-state index contributed by atoms with van der Waals surface area (Å²) in [6.07, 6.45) is 9.65. The van der Waals surface area contributed by atoms with Gasteiger partial charge in [0.2, 0.25) is 0 Å². The summed E-state index contributed by atoms with van der Waals surface area (Å²) in [5.74, 6) is 0.393. The van der Waals surface area contributed by atoms with E-state index in [-0.39, 0.29) is 40.7 Å². The van der Waals surface area contributed by atoms with Crippen molar-refractivity contribution < 1.29 is 32.7 Å². The minimum Gasteiger partial charge on any atom is -0.390 e. The highest BCUT2D eigenvalue weighted by Crippen LogP contribution is 2.54. The van der Waals surface area contributed by atoms with E-state index in [0.29, 0.717) is 74.7 Å². The summed E-state index contributed by atoms with van der Waals surface area (Å²) in [6, 6.07) is 22.5. The average molecular weight is 1000 g/mol. The Balaban J connectivity index is 0.864. The first kappa shape index (κ1) is 48.5. The Morgan fingerprint density at radius 1 is 0.944 bits per heavy atom. The number of sulfonamides is 1. The third-order valence-electron chi connectivity index (χ3n) is 16.8. The number of aliphatic hydroxyl groups is 1. The lowest BCUT2D eigenvalue weighted by Crippen LogP contribution is -2.58. The van der Waals surface area contributed by atoms with Crippen LogP contribution in [0, 0.1) is 21.4 Å². The first-order chi connectivity index (χ1) is 34.6. The Hall–Kier alpha value is -5.79. The van der Waals surface area contributed by atoms with Crippen LogP contribution in [0.1, 0.15) is 112 Å². The Kier molecular flexibility index (Phi) is 13.0. The van der Waals surface area contributed by atoms with Crippen LogP contribution in [0.2, 0.25) is 0 Å². The largest absolute Gasteiger partial charge is 0.390 e. The number of hydrogen-bond acceptors (Lipinski definition) is 14. The van der Waals surface area contributed by atoms with Gasteiger partial charge in [0, 0.05) is 62.2 Å². The molecule has 5 aromatic rings. The molecule has 0 bridgehead atoms. The fraction of sp³-hybridized carbons (Fsp3) is 0.519. The number of morpholine rings is 1. The molecule has 6 aliphatic rings. The highest BCUT2D eigenvalue weighted by atomic mass is 32.2. The van der Waals surface area contributed by atoms with Gasteiger partial charge in [-0.05, 0) is 136 Å². The number of nitrogens with one attached hydrogen (secondary N) is 4. The lowest BCUT2D eigenvalue weighted by Gasteiger charge is -2.57. The third kappa shape index (κ3) is 9.40. The van der Waals surface area contributed by atoms with Crippen molar-refractivity contribution in [1.82, 2.24) is 19.6 Å².